The summed E-state index contributed by atoms with van der Waals surface area (Å²) in [6, 6.07) is 15.7. The maximum absolute atomic E-state index is 6.06. The molecule has 0 aliphatic heterocycles. The van der Waals surface area contributed by atoms with Crippen LogP contribution in [-0.4, -0.2) is 0 Å². The van der Waals surface area contributed by atoms with E-state index in [1.165, 1.54) is 28.7 Å². The van der Waals surface area contributed by atoms with E-state index in [2.05, 4.69) is 55.6 Å². The van der Waals surface area contributed by atoms with Gasteiger partial charge in [0.2, 0.25) is 0 Å². The van der Waals surface area contributed by atoms with E-state index in [1.807, 2.05) is 6.07 Å². The fourth-order valence-corrected chi connectivity index (χ4v) is 3.25. The van der Waals surface area contributed by atoms with Gasteiger partial charge in [-0.25, -0.2) is 0 Å². The van der Waals surface area contributed by atoms with Gasteiger partial charge in [-0.15, -0.1) is 0 Å². The lowest BCUT2D eigenvalue weighted by atomic mass is 10.0. The maximum Gasteiger partial charge on any atom is 0.0408 e. The quantitative estimate of drug-likeness (QED) is 0.814. The molecule has 1 atom stereocenters. The molecule has 2 aromatic rings. The van der Waals surface area contributed by atoms with Crippen molar-refractivity contribution in [3.63, 3.8) is 0 Å². The number of fused-ring (bicyclic) bond motifs is 1. The van der Waals surface area contributed by atoms with Crippen molar-refractivity contribution in [3.05, 3.63) is 69.7 Å². The maximum atomic E-state index is 6.06. The van der Waals surface area contributed by atoms with E-state index in [-0.39, 0.29) is 0 Å². The fourth-order valence-electron chi connectivity index (χ4n) is 3.06. The number of hydrogen-bond donors (Lipinski definition) is 1. The Bertz CT molecular complexity index is 616. The highest BCUT2D eigenvalue weighted by molar-refractivity contribution is 6.30. The highest BCUT2D eigenvalue weighted by Crippen LogP contribution is 2.33. The van der Waals surface area contributed by atoms with Crippen LogP contribution in [0.3, 0.4) is 0 Å². The van der Waals surface area contributed by atoms with Gasteiger partial charge in [0.25, 0.3) is 0 Å². The predicted molar refractivity (Wildman–Crippen MR) is 89.9 cm³/mol. The molecule has 0 aromatic heterocycles. The van der Waals surface area contributed by atoms with Crippen molar-refractivity contribution in [2.45, 2.75) is 45.2 Å². The second-order valence-electron chi connectivity index (χ2n) is 6.21. The van der Waals surface area contributed by atoms with E-state index in [0.29, 0.717) is 12.0 Å². The summed E-state index contributed by atoms with van der Waals surface area (Å²) in [6.45, 7) is 5.38. The smallest absolute Gasteiger partial charge is 0.0408 e. The largest absolute Gasteiger partial charge is 0.306 e. The third-order valence-electron chi connectivity index (χ3n) is 4.38. The average molecular weight is 300 g/mol. The Labute approximate surface area is 132 Å². The van der Waals surface area contributed by atoms with Crippen molar-refractivity contribution < 1.29 is 0 Å². The van der Waals surface area contributed by atoms with Crippen LogP contribution in [-0.2, 0) is 13.0 Å². The van der Waals surface area contributed by atoms with E-state index in [4.69, 9.17) is 11.6 Å². The summed E-state index contributed by atoms with van der Waals surface area (Å²) in [6.07, 6.45) is 2.29. The lowest BCUT2D eigenvalue weighted by Crippen LogP contribution is -2.18. The topological polar surface area (TPSA) is 12.0 Å². The van der Waals surface area contributed by atoms with Gasteiger partial charge in [0.1, 0.15) is 0 Å². The summed E-state index contributed by atoms with van der Waals surface area (Å²) >= 11 is 6.06. The van der Waals surface area contributed by atoms with Crippen LogP contribution in [0.1, 0.15) is 54.5 Å². The van der Waals surface area contributed by atoms with Crippen LogP contribution >= 0.6 is 11.6 Å². The molecule has 1 nitrogen and oxygen atoms in total. The summed E-state index contributed by atoms with van der Waals surface area (Å²) in [5.41, 5.74) is 5.56. The Balaban J connectivity index is 1.64. The molecule has 0 radical (unpaired) electrons. The molecule has 3 rings (SSSR count). The molecular weight excluding hydrogens is 278 g/mol. The molecule has 1 N–H and O–H groups in total. The molecule has 1 aliphatic rings. The lowest BCUT2D eigenvalue weighted by Gasteiger charge is -2.15. The van der Waals surface area contributed by atoms with Crippen molar-refractivity contribution >= 4 is 11.6 Å². The van der Waals surface area contributed by atoms with Crippen LogP contribution in [0.5, 0.6) is 0 Å². The first-order chi connectivity index (χ1) is 10.1. The molecule has 1 unspecified atom stereocenters. The molecule has 0 amide bonds. The number of halogens is 1. The lowest BCUT2D eigenvalue weighted by molar-refractivity contribution is 0.530. The van der Waals surface area contributed by atoms with Gasteiger partial charge in [-0.3, -0.25) is 0 Å². The second kappa shape index (κ2) is 6.21. The van der Waals surface area contributed by atoms with Crippen LogP contribution in [0.2, 0.25) is 5.02 Å². The van der Waals surface area contributed by atoms with E-state index in [9.17, 15) is 0 Å². The zero-order chi connectivity index (χ0) is 14.8. The summed E-state index contributed by atoms with van der Waals surface area (Å²) in [5.74, 6) is 0.596. The molecule has 110 valence electrons. The van der Waals surface area contributed by atoms with Crippen LogP contribution in [0.4, 0.5) is 0 Å². The molecule has 0 saturated heterocycles. The first-order valence-electron chi connectivity index (χ1n) is 7.74. The summed E-state index contributed by atoms with van der Waals surface area (Å²) in [4.78, 5) is 0. The number of rotatable bonds is 4. The molecule has 0 bridgehead atoms. The minimum Gasteiger partial charge on any atom is -0.306 e. The van der Waals surface area contributed by atoms with Gasteiger partial charge in [-0.1, -0.05) is 55.8 Å². The minimum absolute atomic E-state index is 0.460. The standard InChI is InChI=1S/C19H22ClN/c1-13(2)15-5-3-14(4-6-15)12-21-19-10-7-16-11-17(20)8-9-18(16)19/h3-6,8-9,11,13,19,21H,7,10,12H2,1-2H3. The Morgan fingerprint density at radius 3 is 2.62 bits per heavy atom. The van der Waals surface area contributed by atoms with Gasteiger partial charge >= 0.3 is 0 Å². The molecule has 0 fully saturated rings. The summed E-state index contributed by atoms with van der Waals surface area (Å²) in [7, 11) is 0. The van der Waals surface area contributed by atoms with Gasteiger partial charge in [0.15, 0.2) is 0 Å². The Morgan fingerprint density at radius 1 is 1.14 bits per heavy atom. The van der Waals surface area contributed by atoms with Crippen LogP contribution in [0.25, 0.3) is 0 Å². The van der Waals surface area contributed by atoms with Gasteiger partial charge < -0.3 is 5.32 Å². The van der Waals surface area contributed by atoms with Crippen LogP contribution in [0.15, 0.2) is 42.5 Å². The number of benzene rings is 2. The van der Waals surface area contributed by atoms with E-state index in [0.717, 1.165) is 18.0 Å². The monoisotopic (exact) mass is 299 g/mol. The van der Waals surface area contributed by atoms with Gasteiger partial charge in [0.05, 0.1) is 0 Å². The third kappa shape index (κ3) is 3.30. The molecule has 2 aromatic carbocycles. The molecule has 0 heterocycles. The zero-order valence-electron chi connectivity index (χ0n) is 12.7. The summed E-state index contributed by atoms with van der Waals surface area (Å²) in [5, 5.41) is 4.53. The van der Waals surface area contributed by atoms with Gasteiger partial charge in [-0.2, -0.15) is 0 Å². The number of aryl methyl sites for hydroxylation is 1. The predicted octanol–water partition coefficient (Wildman–Crippen LogP) is 5.24. The molecular formula is C19H22ClN. The number of nitrogens with one attached hydrogen (secondary N) is 1. The fraction of sp³-hybridized carbons (Fsp3) is 0.368. The summed E-state index contributed by atoms with van der Waals surface area (Å²) < 4.78 is 0. The minimum atomic E-state index is 0.460. The Hall–Kier alpha value is -1.31. The van der Waals surface area contributed by atoms with E-state index >= 15 is 0 Å². The van der Waals surface area contributed by atoms with Crippen LogP contribution in [0, 0.1) is 0 Å². The van der Waals surface area contributed by atoms with Crippen LogP contribution < -0.4 is 5.32 Å². The Kier molecular flexibility index (Phi) is 4.32. The van der Waals surface area contributed by atoms with Crippen molar-refractivity contribution in [1.29, 1.82) is 0 Å². The molecule has 21 heavy (non-hydrogen) atoms. The zero-order valence-corrected chi connectivity index (χ0v) is 13.5. The molecule has 1 aliphatic carbocycles. The van der Waals surface area contributed by atoms with E-state index in [1.54, 1.807) is 0 Å². The molecule has 0 spiro atoms. The second-order valence-corrected chi connectivity index (χ2v) is 6.65. The molecule has 2 heteroatoms. The Morgan fingerprint density at radius 2 is 1.90 bits per heavy atom. The van der Waals surface area contributed by atoms with Gasteiger partial charge in [0, 0.05) is 17.6 Å². The first-order valence-corrected chi connectivity index (χ1v) is 8.12. The van der Waals surface area contributed by atoms with Gasteiger partial charge in [-0.05, 0) is 53.1 Å². The van der Waals surface area contributed by atoms with Crippen molar-refractivity contribution in [3.8, 4) is 0 Å². The van der Waals surface area contributed by atoms with Crippen molar-refractivity contribution in [1.82, 2.24) is 5.32 Å². The highest BCUT2D eigenvalue weighted by atomic mass is 35.5. The van der Waals surface area contributed by atoms with Crippen molar-refractivity contribution in [2.24, 2.45) is 0 Å². The number of hydrogen-bond acceptors (Lipinski definition) is 1. The third-order valence-corrected chi connectivity index (χ3v) is 4.62. The van der Waals surface area contributed by atoms with Crippen molar-refractivity contribution in [2.75, 3.05) is 0 Å². The van der Waals surface area contributed by atoms with E-state index < -0.39 is 0 Å². The molecule has 0 saturated carbocycles. The normalized spacial score (nSPS) is 17.2. The highest BCUT2D eigenvalue weighted by Gasteiger charge is 2.21. The first kappa shape index (κ1) is 14.6. The SMILES string of the molecule is CC(C)c1ccc(CNC2CCc3cc(Cl)ccc32)cc1. The average Bonchev–Trinajstić information content (AvgIpc) is 2.87.